The summed E-state index contributed by atoms with van der Waals surface area (Å²) in [5, 5.41) is 0. The van der Waals surface area contributed by atoms with Crippen molar-refractivity contribution in [3.63, 3.8) is 0 Å². The average Bonchev–Trinajstić information content (AvgIpc) is 2.68. The molecule has 0 aromatic carbocycles. The average molecular weight is 298 g/mol. The number of H-pyrrole nitrogens is 1. The third-order valence-electron chi connectivity index (χ3n) is 2.33. The highest BCUT2D eigenvalue weighted by Crippen LogP contribution is 2.20. The van der Waals surface area contributed by atoms with Gasteiger partial charge in [-0.05, 0) is 35.0 Å². The molecule has 0 saturated heterocycles. The number of aromatic nitrogens is 2. The lowest BCUT2D eigenvalue weighted by molar-refractivity contribution is 0.481. The second-order valence-corrected chi connectivity index (χ2v) is 4.53. The van der Waals surface area contributed by atoms with Crippen LogP contribution >= 0.6 is 15.9 Å². The first-order valence-corrected chi connectivity index (χ1v) is 5.87. The predicted octanol–water partition coefficient (Wildman–Crippen LogP) is 2.07. The van der Waals surface area contributed by atoms with Crippen LogP contribution in [0, 0.1) is 6.92 Å². The van der Waals surface area contributed by atoms with Crippen molar-refractivity contribution in [1.29, 1.82) is 0 Å². The molecule has 2 rings (SSSR count). The molecule has 0 fully saturated rings. The maximum absolute atomic E-state index is 11.4. The van der Waals surface area contributed by atoms with Crippen LogP contribution in [0.2, 0.25) is 0 Å². The Morgan fingerprint density at radius 3 is 2.94 bits per heavy atom. The number of rotatable bonds is 3. The van der Waals surface area contributed by atoms with E-state index in [1.807, 2.05) is 31.0 Å². The minimum Gasteiger partial charge on any atom is -0.464 e. The predicted molar refractivity (Wildman–Crippen MR) is 68.1 cm³/mol. The third kappa shape index (κ3) is 2.58. The molecule has 2 heterocycles. The van der Waals surface area contributed by atoms with Gasteiger partial charge in [-0.3, -0.25) is 4.79 Å². The molecule has 0 radical (unpaired) electrons. The number of hydrogen-bond donors (Lipinski definition) is 1. The lowest BCUT2D eigenvalue weighted by atomic mass is 10.4. The van der Waals surface area contributed by atoms with Gasteiger partial charge in [0, 0.05) is 7.05 Å². The van der Waals surface area contributed by atoms with Crippen LogP contribution in [0.25, 0.3) is 0 Å². The van der Waals surface area contributed by atoms with Crippen molar-refractivity contribution in [3.8, 4) is 0 Å². The first-order valence-electron chi connectivity index (χ1n) is 5.07. The zero-order valence-corrected chi connectivity index (χ0v) is 11.1. The van der Waals surface area contributed by atoms with E-state index in [0.717, 1.165) is 11.5 Å². The van der Waals surface area contributed by atoms with Crippen molar-refractivity contribution in [2.45, 2.75) is 13.5 Å². The monoisotopic (exact) mass is 297 g/mol. The van der Waals surface area contributed by atoms with Gasteiger partial charge in [-0.25, -0.2) is 4.98 Å². The summed E-state index contributed by atoms with van der Waals surface area (Å²) in [5.41, 5.74) is -0.197. The van der Waals surface area contributed by atoms with E-state index >= 15 is 0 Å². The van der Waals surface area contributed by atoms with Crippen molar-refractivity contribution in [2.75, 3.05) is 11.9 Å². The van der Waals surface area contributed by atoms with Crippen LogP contribution in [0.15, 0.2) is 32.1 Å². The van der Waals surface area contributed by atoms with Crippen LogP contribution in [0.3, 0.4) is 0 Å². The van der Waals surface area contributed by atoms with Gasteiger partial charge in [-0.1, -0.05) is 0 Å². The van der Waals surface area contributed by atoms with Crippen LogP contribution in [0.5, 0.6) is 0 Å². The molecule has 0 atom stereocenters. The molecule has 0 spiro atoms. The Kier molecular flexibility index (Phi) is 3.33. The Morgan fingerprint density at radius 1 is 1.53 bits per heavy atom. The highest BCUT2D eigenvalue weighted by Gasteiger charge is 2.11. The van der Waals surface area contributed by atoms with Crippen molar-refractivity contribution in [2.24, 2.45) is 0 Å². The van der Waals surface area contributed by atoms with E-state index in [0.29, 0.717) is 16.8 Å². The maximum Gasteiger partial charge on any atom is 0.267 e. The summed E-state index contributed by atoms with van der Waals surface area (Å²) in [4.78, 5) is 19.9. The zero-order chi connectivity index (χ0) is 12.4. The third-order valence-corrected chi connectivity index (χ3v) is 3.04. The fraction of sp³-hybridized carbons (Fsp3) is 0.273. The molecule has 17 heavy (non-hydrogen) atoms. The van der Waals surface area contributed by atoms with Crippen molar-refractivity contribution >= 4 is 21.7 Å². The van der Waals surface area contributed by atoms with Gasteiger partial charge in [0.25, 0.3) is 5.56 Å². The van der Waals surface area contributed by atoms with Gasteiger partial charge in [0.15, 0.2) is 0 Å². The molecule has 90 valence electrons. The summed E-state index contributed by atoms with van der Waals surface area (Å²) in [5.74, 6) is 2.29. The molecule has 2 aromatic rings. The summed E-state index contributed by atoms with van der Waals surface area (Å²) in [6.07, 6.45) is 1.38. The second kappa shape index (κ2) is 4.75. The number of aromatic amines is 1. The maximum atomic E-state index is 11.4. The van der Waals surface area contributed by atoms with Gasteiger partial charge >= 0.3 is 0 Å². The van der Waals surface area contributed by atoms with Crippen molar-refractivity contribution in [3.05, 3.63) is 44.8 Å². The summed E-state index contributed by atoms with van der Waals surface area (Å²) in [7, 11) is 1.85. The number of furan rings is 1. The Morgan fingerprint density at radius 2 is 2.29 bits per heavy atom. The van der Waals surface area contributed by atoms with E-state index in [-0.39, 0.29) is 5.56 Å². The van der Waals surface area contributed by atoms with Crippen molar-refractivity contribution in [1.82, 2.24) is 9.97 Å². The smallest absolute Gasteiger partial charge is 0.267 e. The van der Waals surface area contributed by atoms with Gasteiger partial charge in [-0.2, -0.15) is 0 Å². The SMILES string of the molecule is Cc1ccc(CN(C)c2nc[nH]c(=O)c2Br)o1. The summed E-state index contributed by atoms with van der Waals surface area (Å²) in [6.45, 7) is 2.45. The highest BCUT2D eigenvalue weighted by atomic mass is 79.9. The molecule has 0 saturated carbocycles. The van der Waals surface area contributed by atoms with E-state index in [9.17, 15) is 4.79 Å². The van der Waals surface area contributed by atoms with Gasteiger partial charge < -0.3 is 14.3 Å². The van der Waals surface area contributed by atoms with Crippen molar-refractivity contribution < 1.29 is 4.42 Å². The van der Waals surface area contributed by atoms with E-state index in [4.69, 9.17) is 4.42 Å². The molecule has 6 heteroatoms. The number of nitrogens with one attached hydrogen (secondary N) is 1. The minimum atomic E-state index is -0.197. The molecule has 0 bridgehead atoms. The van der Waals surface area contributed by atoms with Crippen LogP contribution in [-0.4, -0.2) is 17.0 Å². The number of halogens is 1. The van der Waals surface area contributed by atoms with Gasteiger partial charge in [0.05, 0.1) is 12.9 Å². The zero-order valence-electron chi connectivity index (χ0n) is 9.53. The largest absolute Gasteiger partial charge is 0.464 e. The lowest BCUT2D eigenvalue weighted by Gasteiger charge is -2.17. The molecule has 0 aliphatic carbocycles. The molecule has 0 amide bonds. The molecular weight excluding hydrogens is 286 g/mol. The fourth-order valence-corrected chi connectivity index (χ4v) is 2.04. The quantitative estimate of drug-likeness (QED) is 0.942. The molecule has 5 nitrogen and oxygen atoms in total. The molecule has 0 aliphatic rings. The Labute approximate surface area is 107 Å². The lowest BCUT2D eigenvalue weighted by Crippen LogP contribution is -2.21. The van der Waals surface area contributed by atoms with Crippen LogP contribution in [0.1, 0.15) is 11.5 Å². The number of anilines is 1. The van der Waals surface area contributed by atoms with Gasteiger partial charge in [0.2, 0.25) is 0 Å². The van der Waals surface area contributed by atoms with Crippen LogP contribution in [-0.2, 0) is 6.54 Å². The Balaban J connectivity index is 2.23. The summed E-state index contributed by atoms with van der Waals surface area (Å²) >= 11 is 3.22. The first-order chi connectivity index (χ1) is 8.08. The van der Waals surface area contributed by atoms with E-state index in [2.05, 4.69) is 25.9 Å². The number of nitrogens with zero attached hydrogens (tertiary/aromatic N) is 2. The highest BCUT2D eigenvalue weighted by molar-refractivity contribution is 9.10. The normalized spacial score (nSPS) is 10.5. The Bertz CT molecular complexity index is 576. The molecule has 0 unspecified atom stereocenters. The van der Waals surface area contributed by atoms with Gasteiger partial charge in [-0.15, -0.1) is 0 Å². The minimum absolute atomic E-state index is 0.197. The topological polar surface area (TPSA) is 62.1 Å². The summed E-state index contributed by atoms with van der Waals surface area (Å²) in [6, 6.07) is 3.82. The van der Waals surface area contributed by atoms with E-state index in [1.54, 1.807) is 0 Å². The molecule has 0 aliphatic heterocycles. The molecule has 2 aromatic heterocycles. The van der Waals surface area contributed by atoms with E-state index < -0.39 is 0 Å². The fourth-order valence-electron chi connectivity index (χ4n) is 1.52. The first kappa shape index (κ1) is 11.9. The number of aryl methyl sites for hydroxylation is 1. The van der Waals surface area contributed by atoms with Crippen LogP contribution in [0.4, 0.5) is 5.82 Å². The second-order valence-electron chi connectivity index (χ2n) is 3.74. The number of hydrogen-bond acceptors (Lipinski definition) is 4. The van der Waals surface area contributed by atoms with Gasteiger partial charge in [0.1, 0.15) is 21.8 Å². The standard InChI is InChI=1S/C11H12BrN3O2/c1-7-3-4-8(17-7)5-15(2)10-9(12)11(16)14-6-13-10/h3-4,6H,5H2,1-2H3,(H,13,14,16). The van der Waals surface area contributed by atoms with E-state index in [1.165, 1.54) is 6.33 Å². The summed E-state index contributed by atoms with van der Waals surface area (Å²) < 4.78 is 5.90. The molecular formula is C11H12BrN3O2. The van der Waals surface area contributed by atoms with Crippen LogP contribution < -0.4 is 10.5 Å². The molecule has 1 N–H and O–H groups in total. The Hall–Kier alpha value is -1.56.